The number of hydrogen-bond acceptors (Lipinski definition) is 4. The Morgan fingerprint density at radius 2 is 1.88 bits per heavy atom. The molecule has 0 atom stereocenters. The minimum atomic E-state index is -0.121. The first-order valence-electron chi connectivity index (χ1n) is 8.42. The molecule has 2 N–H and O–H groups in total. The van der Waals surface area contributed by atoms with Crippen molar-refractivity contribution in [1.82, 2.24) is 5.32 Å². The van der Waals surface area contributed by atoms with E-state index in [2.05, 4.69) is 10.6 Å². The van der Waals surface area contributed by atoms with Crippen LogP contribution in [0.3, 0.4) is 0 Å². The van der Waals surface area contributed by atoms with Crippen molar-refractivity contribution >= 4 is 34.8 Å². The van der Waals surface area contributed by atoms with Crippen LogP contribution < -0.4 is 20.3 Å². The van der Waals surface area contributed by atoms with Gasteiger partial charge in [-0.25, -0.2) is 0 Å². The summed E-state index contributed by atoms with van der Waals surface area (Å²) in [6.07, 6.45) is 0.273. The lowest BCUT2D eigenvalue weighted by molar-refractivity contribution is -0.119. The van der Waals surface area contributed by atoms with E-state index < -0.39 is 0 Å². The molecule has 7 heteroatoms. The number of carbonyl (C=O) groups excluding carboxylic acids is 2. The number of rotatable bonds is 6. The monoisotopic (exact) mass is 373 g/mol. The maximum absolute atomic E-state index is 12.4. The second-order valence-corrected chi connectivity index (χ2v) is 6.28. The van der Waals surface area contributed by atoms with Crippen molar-refractivity contribution in [2.75, 3.05) is 36.5 Å². The molecule has 0 fully saturated rings. The smallest absolute Gasteiger partial charge is 0.241 e. The van der Waals surface area contributed by atoms with Crippen LogP contribution in [-0.4, -0.2) is 38.1 Å². The van der Waals surface area contributed by atoms with Crippen LogP contribution in [0.15, 0.2) is 48.5 Å². The van der Waals surface area contributed by atoms with Crippen LogP contribution in [0, 0.1) is 0 Å². The fraction of sp³-hybridized carbons (Fsp3) is 0.263. The van der Waals surface area contributed by atoms with Gasteiger partial charge in [0, 0.05) is 23.7 Å². The SMILES string of the molecule is O=C(CCNCC(=O)N1CCOc2ccccc21)Nc1ccc(Cl)cc1. The molecule has 136 valence electrons. The van der Waals surface area contributed by atoms with Crippen molar-refractivity contribution in [2.45, 2.75) is 6.42 Å². The average molecular weight is 374 g/mol. The third-order valence-corrected chi connectivity index (χ3v) is 4.21. The summed E-state index contributed by atoms with van der Waals surface area (Å²) in [4.78, 5) is 26.0. The third kappa shape index (κ3) is 4.74. The van der Waals surface area contributed by atoms with Crippen molar-refractivity contribution < 1.29 is 14.3 Å². The molecule has 0 aliphatic carbocycles. The van der Waals surface area contributed by atoms with Gasteiger partial charge in [0.25, 0.3) is 0 Å². The predicted octanol–water partition coefficient (Wildman–Crippen LogP) is 2.68. The van der Waals surface area contributed by atoms with E-state index in [-0.39, 0.29) is 24.8 Å². The Hall–Kier alpha value is -2.57. The van der Waals surface area contributed by atoms with E-state index in [4.69, 9.17) is 16.3 Å². The number of anilines is 2. The highest BCUT2D eigenvalue weighted by atomic mass is 35.5. The normalized spacial score (nSPS) is 12.9. The van der Waals surface area contributed by atoms with Crippen LogP contribution >= 0.6 is 11.6 Å². The van der Waals surface area contributed by atoms with Gasteiger partial charge in [-0.15, -0.1) is 0 Å². The van der Waals surface area contributed by atoms with Gasteiger partial charge in [0.1, 0.15) is 12.4 Å². The standard InChI is InChI=1S/C19H20ClN3O3/c20-14-5-7-15(8-6-14)22-18(24)9-10-21-13-19(25)23-11-12-26-17-4-2-1-3-16(17)23/h1-8,21H,9-13H2,(H,22,24). The summed E-state index contributed by atoms with van der Waals surface area (Å²) in [6, 6.07) is 14.4. The number of ether oxygens (including phenoxy) is 1. The largest absolute Gasteiger partial charge is 0.490 e. The van der Waals surface area contributed by atoms with E-state index in [1.165, 1.54) is 0 Å². The van der Waals surface area contributed by atoms with Gasteiger partial charge in [0.05, 0.1) is 18.8 Å². The summed E-state index contributed by atoms with van der Waals surface area (Å²) in [5.41, 5.74) is 1.48. The van der Waals surface area contributed by atoms with Crippen molar-refractivity contribution in [3.05, 3.63) is 53.6 Å². The fourth-order valence-corrected chi connectivity index (χ4v) is 2.80. The Morgan fingerprint density at radius 1 is 1.12 bits per heavy atom. The van der Waals surface area contributed by atoms with Gasteiger partial charge < -0.3 is 20.3 Å². The zero-order valence-electron chi connectivity index (χ0n) is 14.2. The summed E-state index contributed by atoms with van der Waals surface area (Å²) in [5.74, 6) is 0.553. The zero-order valence-corrected chi connectivity index (χ0v) is 15.0. The van der Waals surface area contributed by atoms with Gasteiger partial charge in [-0.2, -0.15) is 0 Å². The number of hydrogen-bond donors (Lipinski definition) is 2. The second kappa shape index (κ2) is 8.69. The van der Waals surface area contributed by atoms with Gasteiger partial charge in [0.15, 0.2) is 0 Å². The van der Waals surface area contributed by atoms with E-state index in [0.717, 1.165) is 11.4 Å². The fourth-order valence-electron chi connectivity index (χ4n) is 2.68. The maximum atomic E-state index is 12.4. The Kier molecular flexibility index (Phi) is 6.09. The number of nitrogens with one attached hydrogen (secondary N) is 2. The average Bonchev–Trinajstić information content (AvgIpc) is 2.66. The van der Waals surface area contributed by atoms with Crippen LogP contribution in [0.1, 0.15) is 6.42 Å². The second-order valence-electron chi connectivity index (χ2n) is 5.84. The highest BCUT2D eigenvalue weighted by Crippen LogP contribution is 2.30. The molecule has 3 rings (SSSR count). The molecule has 6 nitrogen and oxygen atoms in total. The lowest BCUT2D eigenvalue weighted by Crippen LogP contribution is -2.43. The molecule has 0 aromatic heterocycles. The van der Waals surface area contributed by atoms with Gasteiger partial charge >= 0.3 is 0 Å². The van der Waals surface area contributed by atoms with Crippen LogP contribution in [0.5, 0.6) is 5.75 Å². The van der Waals surface area contributed by atoms with Crippen molar-refractivity contribution in [3.63, 3.8) is 0 Å². The molecular weight excluding hydrogens is 354 g/mol. The molecule has 2 aromatic rings. The summed E-state index contributed by atoms with van der Waals surface area (Å²) in [6.45, 7) is 1.58. The van der Waals surface area contributed by atoms with Crippen LogP contribution in [-0.2, 0) is 9.59 Å². The highest BCUT2D eigenvalue weighted by molar-refractivity contribution is 6.30. The molecular formula is C19H20ClN3O3. The topological polar surface area (TPSA) is 70.7 Å². The number of benzene rings is 2. The highest BCUT2D eigenvalue weighted by Gasteiger charge is 2.22. The van der Waals surface area contributed by atoms with Crippen molar-refractivity contribution in [3.8, 4) is 5.75 Å². The molecule has 0 saturated carbocycles. The van der Waals surface area contributed by atoms with E-state index in [1.54, 1.807) is 29.2 Å². The van der Waals surface area contributed by atoms with E-state index >= 15 is 0 Å². The lowest BCUT2D eigenvalue weighted by atomic mass is 10.2. The van der Waals surface area contributed by atoms with E-state index in [0.29, 0.717) is 30.4 Å². The Labute approximate surface area is 157 Å². The Bertz CT molecular complexity index is 780. The van der Waals surface area contributed by atoms with Gasteiger partial charge in [-0.3, -0.25) is 9.59 Å². The van der Waals surface area contributed by atoms with E-state index in [9.17, 15) is 9.59 Å². The zero-order chi connectivity index (χ0) is 18.4. The molecule has 26 heavy (non-hydrogen) atoms. The number of para-hydroxylation sites is 2. The van der Waals surface area contributed by atoms with Gasteiger partial charge in [-0.1, -0.05) is 23.7 Å². The number of amides is 2. The number of nitrogens with zero attached hydrogens (tertiary/aromatic N) is 1. The van der Waals surface area contributed by atoms with Gasteiger partial charge in [-0.05, 0) is 36.4 Å². The lowest BCUT2D eigenvalue weighted by Gasteiger charge is -2.29. The molecule has 0 unspecified atom stereocenters. The summed E-state index contributed by atoms with van der Waals surface area (Å²) >= 11 is 5.81. The van der Waals surface area contributed by atoms with Crippen molar-refractivity contribution in [1.29, 1.82) is 0 Å². The van der Waals surface area contributed by atoms with Crippen LogP contribution in [0.2, 0.25) is 5.02 Å². The molecule has 1 heterocycles. The molecule has 1 aliphatic rings. The molecule has 0 saturated heterocycles. The first-order chi connectivity index (χ1) is 12.6. The first-order valence-corrected chi connectivity index (χ1v) is 8.79. The predicted molar refractivity (Wildman–Crippen MR) is 102 cm³/mol. The number of halogens is 1. The third-order valence-electron chi connectivity index (χ3n) is 3.96. The Morgan fingerprint density at radius 3 is 2.69 bits per heavy atom. The van der Waals surface area contributed by atoms with Crippen LogP contribution in [0.25, 0.3) is 0 Å². The van der Waals surface area contributed by atoms with Gasteiger partial charge in [0.2, 0.25) is 11.8 Å². The summed E-state index contributed by atoms with van der Waals surface area (Å²) in [5, 5.41) is 6.43. The molecule has 1 aliphatic heterocycles. The number of fused-ring (bicyclic) bond motifs is 1. The minimum absolute atomic E-state index is 0.0427. The quantitative estimate of drug-likeness (QED) is 0.764. The molecule has 2 aromatic carbocycles. The van der Waals surface area contributed by atoms with E-state index in [1.807, 2.05) is 24.3 Å². The number of carbonyl (C=O) groups is 2. The van der Waals surface area contributed by atoms with Crippen molar-refractivity contribution in [2.24, 2.45) is 0 Å². The van der Waals surface area contributed by atoms with Crippen LogP contribution in [0.4, 0.5) is 11.4 Å². The summed E-state index contributed by atoms with van der Waals surface area (Å²) in [7, 11) is 0. The maximum Gasteiger partial charge on any atom is 0.241 e. The molecule has 0 bridgehead atoms. The first kappa shape index (κ1) is 18.2. The summed E-state index contributed by atoms with van der Waals surface area (Å²) < 4.78 is 5.55. The minimum Gasteiger partial charge on any atom is -0.490 e. The Balaban J connectivity index is 1.42. The molecule has 0 spiro atoms. The molecule has 0 radical (unpaired) electrons. The molecule has 2 amide bonds.